The van der Waals surface area contributed by atoms with Crippen molar-refractivity contribution in [3.63, 3.8) is 0 Å². The second-order valence-corrected chi connectivity index (χ2v) is 8.46. The molecule has 2 N–H and O–H groups in total. The van der Waals surface area contributed by atoms with Crippen molar-refractivity contribution in [3.05, 3.63) is 64.9 Å². The zero-order chi connectivity index (χ0) is 21.5. The van der Waals surface area contributed by atoms with E-state index in [9.17, 15) is 9.59 Å². The Bertz CT molecular complexity index is 1040. The van der Waals surface area contributed by atoms with E-state index < -0.39 is 6.04 Å². The molecule has 3 rings (SSSR count). The predicted molar refractivity (Wildman–Crippen MR) is 123 cm³/mol. The highest BCUT2D eigenvalue weighted by Gasteiger charge is 2.22. The monoisotopic (exact) mass is 487 g/mol. The summed E-state index contributed by atoms with van der Waals surface area (Å²) < 4.78 is 2.49. The first-order valence-corrected chi connectivity index (χ1v) is 11.5. The van der Waals surface area contributed by atoms with Gasteiger partial charge in [-0.25, -0.2) is 0 Å². The topological polar surface area (TPSA) is 88.9 Å². The van der Waals surface area contributed by atoms with Crippen LogP contribution in [0.15, 0.2) is 59.3 Å². The van der Waals surface area contributed by atoms with Gasteiger partial charge in [-0.05, 0) is 58.6 Å². The number of carbonyl (C=O) groups is 2. The standard InChI is InChI=1S/C21H22BrN5O2S/c1-27-13-23-26-19(27)14-6-5-7-15(12-14)24-21(29)18(10-11-30-2)25-20(28)16-8-3-4-9-17(16)22/h3-9,12-13,18H,10-11H2,1-2H3,(H,24,29)(H,25,28)/t18-/m0/s1. The summed E-state index contributed by atoms with van der Waals surface area (Å²) in [4.78, 5) is 25.7. The number of halogens is 1. The first-order valence-electron chi connectivity index (χ1n) is 9.29. The molecule has 3 aromatic rings. The summed E-state index contributed by atoms with van der Waals surface area (Å²) in [7, 11) is 1.86. The van der Waals surface area contributed by atoms with Crippen molar-refractivity contribution in [1.82, 2.24) is 20.1 Å². The molecule has 156 valence electrons. The molecule has 1 atom stereocenters. The number of amides is 2. The number of benzene rings is 2. The fraction of sp³-hybridized carbons (Fsp3) is 0.238. The van der Waals surface area contributed by atoms with E-state index in [0.717, 1.165) is 11.3 Å². The van der Waals surface area contributed by atoms with Gasteiger partial charge in [0.05, 0.1) is 5.56 Å². The van der Waals surface area contributed by atoms with E-state index in [-0.39, 0.29) is 11.8 Å². The number of thioether (sulfide) groups is 1. The first-order chi connectivity index (χ1) is 14.5. The molecule has 0 saturated heterocycles. The van der Waals surface area contributed by atoms with Gasteiger partial charge >= 0.3 is 0 Å². The number of nitrogens with one attached hydrogen (secondary N) is 2. The van der Waals surface area contributed by atoms with Crippen LogP contribution in [0.5, 0.6) is 0 Å². The largest absolute Gasteiger partial charge is 0.340 e. The van der Waals surface area contributed by atoms with Crippen LogP contribution in [0, 0.1) is 0 Å². The van der Waals surface area contributed by atoms with Crippen molar-refractivity contribution in [2.75, 3.05) is 17.3 Å². The van der Waals surface area contributed by atoms with E-state index >= 15 is 0 Å². The summed E-state index contributed by atoms with van der Waals surface area (Å²) in [5.41, 5.74) is 1.96. The number of hydrogen-bond donors (Lipinski definition) is 2. The van der Waals surface area contributed by atoms with Crippen LogP contribution in [0.1, 0.15) is 16.8 Å². The van der Waals surface area contributed by atoms with Crippen molar-refractivity contribution in [2.24, 2.45) is 7.05 Å². The van der Waals surface area contributed by atoms with Gasteiger partial charge in [0.25, 0.3) is 5.91 Å². The number of hydrogen-bond acceptors (Lipinski definition) is 5. The Morgan fingerprint density at radius 3 is 2.70 bits per heavy atom. The molecule has 0 aliphatic heterocycles. The van der Waals surface area contributed by atoms with E-state index in [1.807, 2.05) is 37.6 Å². The van der Waals surface area contributed by atoms with Gasteiger partial charge in [-0.1, -0.05) is 24.3 Å². The van der Waals surface area contributed by atoms with Crippen molar-refractivity contribution in [3.8, 4) is 11.4 Å². The molecule has 0 unspecified atom stereocenters. The van der Waals surface area contributed by atoms with Crippen LogP contribution in [-0.4, -0.2) is 44.6 Å². The fourth-order valence-corrected chi connectivity index (χ4v) is 3.83. The Morgan fingerprint density at radius 2 is 2.00 bits per heavy atom. The molecule has 9 heteroatoms. The predicted octanol–water partition coefficient (Wildman–Crippen LogP) is 3.73. The number of nitrogens with zero attached hydrogens (tertiary/aromatic N) is 3. The molecule has 0 fully saturated rings. The summed E-state index contributed by atoms with van der Waals surface area (Å²) >= 11 is 5.01. The van der Waals surface area contributed by atoms with Crippen LogP contribution in [0.25, 0.3) is 11.4 Å². The molecule has 1 aromatic heterocycles. The molecule has 1 heterocycles. The van der Waals surface area contributed by atoms with Gasteiger partial charge in [0.2, 0.25) is 5.91 Å². The highest BCUT2D eigenvalue weighted by atomic mass is 79.9. The molecule has 0 aliphatic rings. The van der Waals surface area contributed by atoms with Crippen LogP contribution in [0.2, 0.25) is 0 Å². The van der Waals surface area contributed by atoms with Crippen LogP contribution < -0.4 is 10.6 Å². The molecular formula is C21H22BrN5O2S. The van der Waals surface area contributed by atoms with Gasteiger partial charge in [-0.15, -0.1) is 10.2 Å². The summed E-state index contributed by atoms with van der Waals surface area (Å²) in [5.74, 6) is 0.885. The third-order valence-corrected chi connectivity index (χ3v) is 5.79. The summed E-state index contributed by atoms with van der Waals surface area (Å²) in [5, 5.41) is 13.8. The zero-order valence-corrected chi connectivity index (χ0v) is 19.0. The van der Waals surface area contributed by atoms with Gasteiger partial charge in [-0.2, -0.15) is 11.8 Å². The van der Waals surface area contributed by atoms with Gasteiger partial charge in [0.15, 0.2) is 5.82 Å². The second kappa shape index (κ2) is 10.4. The smallest absolute Gasteiger partial charge is 0.253 e. The van der Waals surface area contributed by atoms with Crippen LogP contribution in [0.4, 0.5) is 5.69 Å². The minimum Gasteiger partial charge on any atom is -0.340 e. The van der Waals surface area contributed by atoms with Crippen molar-refractivity contribution >= 4 is 45.2 Å². The van der Waals surface area contributed by atoms with Gasteiger partial charge < -0.3 is 15.2 Å². The number of rotatable bonds is 8. The lowest BCUT2D eigenvalue weighted by Gasteiger charge is -2.19. The van der Waals surface area contributed by atoms with Crippen molar-refractivity contribution in [2.45, 2.75) is 12.5 Å². The Morgan fingerprint density at radius 1 is 1.20 bits per heavy atom. The van der Waals surface area contributed by atoms with Gasteiger partial charge in [-0.3, -0.25) is 9.59 Å². The Kier molecular flexibility index (Phi) is 7.64. The average Bonchev–Trinajstić information content (AvgIpc) is 3.17. The number of anilines is 1. The highest BCUT2D eigenvalue weighted by molar-refractivity contribution is 9.10. The Balaban J connectivity index is 1.75. The third-order valence-electron chi connectivity index (χ3n) is 4.45. The normalized spacial score (nSPS) is 11.7. The number of aromatic nitrogens is 3. The first kappa shape index (κ1) is 22.0. The van der Waals surface area contributed by atoms with Crippen molar-refractivity contribution < 1.29 is 9.59 Å². The van der Waals surface area contributed by atoms with E-state index in [1.54, 1.807) is 46.9 Å². The van der Waals surface area contributed by atoms with Crippen LogP contribution >= 0.6 is 27.7 Å². The lowest BCUT2D eigenvalue weighted by atomic mass is 10.1. The van der Waals surface area contributed by atoms with Gasteiger partial charge in [0, 0.05) is 22.8 Å². The molecule has 0 spiro atoms. The summed E-state index contributed by atoms with van der Waals surface area (Å²) in [6, 6.07) is 13.9. The fourth-order valence-electron chi connectivity index (χ4n) is 2.90. The Hall–Kier alpha value is -2.65. The molecule has 0 bridgehead atoms. The second-order valence-electron chi connectivity index (χ2n) is 6.62. The number of aryl methyl sites for hydroxylation is 1. The molecule has 30 heavy (non-hydrogen) atoms. The van der Waals surface area contributed by atoms with Crippen LogP contribution in [0.3, 0.4) is 0 Å². The molecule has 0 saturated carbocycles. The SMILES string of the molecule is CSCC[C@H](NC(=O)c1ccccc1Br)C(=O)Nc1cccc(-c2nncn2C)c1. The summed E-state index contributed by atoms with van der Waals surface area (Å²) in [6.45, 7) is 0. The number of carbonyl (C=O) groups excluding carboxylic acids is 2. The maximum Gasteiger partial charge on any atom is 0.253 e. The lowest BCUT2D eigenvalue weighted by molar-refractivity contribution is -0.118. The molecule has 0 aliphatic carbocycles. The van der Waals surface area contributed by atoms with Crippen LogP contribution in [-0.2, 0) is 11.8 Å². The third kappa shape index (κ3) is 5.48. The maximum atomic E-state index is 13.0. The molecule has 7 nitrogen and oxygen atoms in total. The molecule has 2 amide bonds. The molecular weight excluding hydrogens is 466 g/mol. The summed E-state index contributed by atoms with van der Waals surface area (Å²) in [6.07, 6.45) is 4.11. The average molecular weight is 488 g/mol. The highest BCUT2D eigenvalue weighted by Crippen LogP contribution is 2.21. The quantitative estimate of drug-likeness (QED) is 0.505. The Labute approximate surface area is 187 Å². The minimum absolute atomic E-state index is 0.264. The van der Waals surface area contributed by atoms with Gasteiger partial charge in [0.1, 0.15) is 12.4 Å². The van der Waals surface area contributed by atoms with E-state index in [2.05, 4.69) is 36.8 Å². The zero-order valence-electron chi connectivity index (χ0n) is 16.6. The minimum atomic E-state index is -0.657. The lowest BCUT2D eigenvalue weighted by Crippen LogP contribution is -2.44. The van der Waals surface area contributed by atoms with E-state index in [1.165, 1.54) is 0 Å². The molecule has 2 aromatic carbocycles. The maximum absolute atomic E-state index is 13.0. The van der Waals surface area contributed by atoms with Crippen molar-refractivity contribution in [1.29, 1.82) is 0 Å². The molecule has 0 radical (unpaired) electrons. The van der Waals surface area contributed by atoms with E-state index in [4.69, 9.17) is 0 Å². The van der Waals surface area contributed by atoms with E-state index in [0.29, 0.717) is 28.0 Å².